The van der Waals surface area contributed by atoms with Gasteiger partial charge in [-0.05, 0) is 72.9 Å². The van der Waals surface area contributed by atoms with E-state index in [9.17, 15) is 4.79 Å². The Bertz CT molecular complexity index is 371. The molecular weight excluding hydrogens is 378 g/mol. The zero-order chi connectivity index (χ0) is 14.8. The van der Waals surface area contributed by atoms with E-state index in [0.717, 1.165) is 3.39 Å². The molecule has 1 amide bonds. The second kappa shape index (κ2) is 6.14. The highest BCUT2D eigenvalue weighted by Crippen LogP contribution is 2.31. The number of ether oxygens (including phenoxy) is 2. The monoisotopic (exact) mass is 397 g/mol. The van der Waals surface area contributed by atoms with Crippen molar-refractivity contribution in [3.63, 3.8) is 0 Å². The molecule has 1 fully saturated rings. The Morgan fingerprint density at radius 3 is 2.53 bits per heavy atom. The number of hydrogen-bond acceptors (Lipinski definition) is 3. The minimum atomic E-state index is -0.639. The molecule has 1 unspecified atom stereocenters. The van der Waals surface area contributed by atoms with Crippen LogP contribution in [0.1, 0.15) is 41.0 Å². The fourth-order valence-corrected chi connectivity index (χ4v) is 2.34. The first kappa shape index (κ1) is 17.0. The summed E-state index contributed by atoms with van der Waals surface area (Å²) in [5, 5.41) is 0. The summed E-state index contributed by atoms with van der Waals surface area (Å²) in [6, 6.07) is -0.0186. The Balaban J connectivity index is 2.84. The number of hydrogen-bond donors (Lipinski definition) is 0. The molecule has 1 aliphatic rings. The van der Waals surface area contributed by atoms with E-state index in [4.69, 9.17) is 9.47 Å². The van der Waals surface area contributed by atoms with Gasteiger partial charge >= 0.3 is 6.09 Å². The maximum absolute atomic E-state index is 12.3. The van der Waals surface area contributed by atoms with Crippen LogP contribution in [-0.4, -0.2) is 35.0 Å². The van der Waals surface area contributed by atoms with Crippen molar-refractivity contribution in [3.05, 3.63) is 9.47 Å². The minimum Gasteiger partial charge on any atom is -0.444 e. The molecule has 0 spiro atoms. The van der Waals surface area contributed by atoms with Gasteiger partial charge in [0.05, 0.1) is 16.0 Å². The largest absolute Gasteiger partial charge is 0.444 e. The topological polar surface area (TPSA) is 38.8 Å². The molecule has 4 nitrogen and oxygen atoms in total. The van der Waals surface area contributed by atoms with Crippen LogP contribution in [0.15, 0.2) is 9.47 Å². The number of carbonyl (C=O) groups is 1. The zero-order valence-corrected chi connectivity index (χ0v) is 15.2. The highest BCUT2D eigenvalue weighted by molar-refractivity contribution is 9.28. The summed E-state index contributed by atoms with van der Waals surface area (Å²) >= 11 is 6.64. The Labute approximate surface area is 131 Å². The summed E-state index contributed by atoms with van der Waals surface area (Å²) in [6.45, 7) is 9.85. The lowest BCUT2D eigenvalue weighted by Gasteiger charge is -2.34. The standard InChI is InChI=1S/C13H21Br2NO3/c1-12(2,3)19-11(17)16-9(6-7-10(14)15)8-18-13(16,4)5/h7,9H,6,8H2,1-5H3. The lowest BCUT2D eigenvalue weighted by molar-refractivity contribution is -0.0623. The van der Waals surface area contributed by atoms with Gasteiger partial charge < -0.3 is 9.47 Å². The predicted molar refractivity (Wildman–Crippen MR) is 82.4 cm³/mol. The maximum Gasteiger partial charge on any atom is 0.412 e. The van der Waals surface area contributed by atoms with Gasteiger partial charge in [0.15, 0.2) is 0 Å². The van der Waals surface area contributed by atoms with Gasteiger partial charge in [-0.2, -0.15) is 0 Å². The molecule has 19 heavy (non-hydrogen) atoms. The first-order valence-corrected chi connectivity index (χ1v) is 7.79. The SMILES string of the molecule is CC(C)(C)OC(=O)N1C(CC=C(Br)Br)COC1(C)C. The Hall–Kier alpha value is -0.0700. The number of carbonyl (C=O) groups excluding carboxylic acids is 1. The molecule has 1 aliphatic heterocycles. The maximum atomic E-state index is 12.3. The number of halogens is 2. The summed E-state index contributed by atoms with van der Waals surface area (Å²) in [6.07, 6.45) is 2.33. The van der Waals surface area contributed by atoms with Gasteiger partial charge in [0, 0.05) is 0 Å². The second-order valence-corrected chi connectivity index (χ2v) is 8.76. The molecule has 1 heterocycles. The van der Waals surface area contributed by atoms with E-state index in [1.165, 1.54) is 0 Å². The van der Waals surface area contributed by atoms with Gasteiger partial charge in [0.2, 0.25) is 0 Å². The third-order valence-corrected chi connectivity index (χ3v) is 3.36. The average Bonchev–Trinajstić information content (AvgIpc) is 2.47. The molecule has 6 heteroatoms. The molecule has 1 saturated heterocycles. The van der Waals surface area contributed by atoms with Crippen LogP contribution >= 0.6 is 31.9 Å². The number of amides is 1. The second-order valence-electron chi connectivity index (χ2n) is 5.99. The molecule has 0 aliphatic carbocycles. The van der Waals surface area contributed by atoms with Crippen LogP contribution in [0.25, 0.3) is 0 Å². The van der Waals surface area contributed by atoms with E-state index >= 15 is 0 Å². The van der Waals surface area contributed by atoms with Gasteiger partial charge in [-0.3, -0.25) is 4.90 Å². The van der Waals surface area contributed by atoms with Crippen LogP contribution in [0.5, 0.6) is 0 Å². The average molecular weight is 399 g/mol. The smallest absolute Gasteiger partial charge is 0.412 e. The molecule has 0 aromatic rings. The highest BCUT2D eigenvalue weighted by Gasteiger charge is 2.45. The van der Waals surface area contributed by atoms with Crippen LogP contribution in [0, 0.1) is 0 Å². The van der Waals surface area contributed by atoms with Gasteiger partial charge in [-0.15, -0.1) is 0 Å². The highest BCUT2D eigenvalue weighted by atomic mass is 79.9. The van der Waals surface area contributed by atoms with Crippen molar-refractivity contribution < 1.29 is 14.3 Å². The van der Waals surface area contributed by atoms with Crippen molar-refractivity contribution >= 4 is 38.0 Å². The van der Waals surface area contributed by atoms with Gasteiger partial charge in [0.25, 0.3) is 0 Å². The van der Waals surface area contributed by atoms with E-state index in [1.54, 1.807) is 4.90 Å². The fraction of sp³-hybridized carbons (Fsp3) is 0.769. The molecule has 0 radical (unpaired) electrons. The van der Waals surface area contributed by atoms with E-state index in [2.05, 4.69) is 31.9 Å². The Morgan fingerprint density at radius 2 is 2.05 bits per heavy atom. The van der Waals surface area contributed by atoms with Crippen molar-refractivity contribution in [3.8, 4) is 0 Å². The normalized spacial score (nSPS) is 22.3. The predicted octanol–water partition coefficient (Wildman–Crippen LogP) is 4.38. The molecule has 1 atom stereocenters. The molecule has 0 aromatic heterocycles. The molecule has 0 aromatic carbocycles. The minimum absolute atomic E-state index is 0.0186. The van der Waals surface area contributed by atoms with Gasteiger partial charge in [0.1, 0.15) is 11.3 Å². The third kappa shape index (κ3) is 5.08. The molecule has 0 saturated carbocycles. The number of rotatable bonds is 2. The van der Waals surface area contributed by atoms with Crippen molar-refractivity contribution in [1.82, 2.24) is 4.90 Å². The zero-order valence-electron chi connectivity index (χ0n) is 12.0. The fourth-order valence-electron chi connectivity index (χ4n) is 1.96. The van der Waals surface area contributed by atoms with Crippen molar-refractivity contribution in [1.29, 1.82) is 0 Å². The summed E-state index contributed by atoms with van der Waals surface area (Å²) < 4.78 is 12.0. The molecule has 0 N–H and O–H groups in total. The summed E-state index contributed by atoms with van der Waals surface area (Å²) in [5.41, 5.74) is -1.15. The van der Waals surface area contributed by atoms with E-state index in [1.807, 2.05) is 40.7 Å². The van der Waals surface area contributed by atoms with Crippen molar-refractivity contribution in [2.45, 2.75) is 58.4 Å². The first-order valence-electron chi connectivity index (χ1n) is 6.20. The van der Waals surface area contributed by atoms with Crippen molar-refractivity contribution in [2.75, 3.05) is 6.61 Å². The molecule has 1 rings (SSSR count). The van der Waals surface area contributed by atoms with Crippen molar-refractivity contribution in [2.24, 2.45) is 0 Å². The first-order chi connectivity index (χ1) is 8.53. The lowest BCUT2D eigenvalue weighted by atomic mass is 10.1. The Kier molecular flexibility index (Phi) is 5.49. The van der Waals surface area contributed by atoms with Gasteiger partial charge in [-0.25, -0.2) is 4.79 Å². The molecule has 0 bridgehead atoms. The summed E-state index contributed by atoms with van der Waals surface area (Å²) in [5.74, 6) is 0. The third-order valence-electron chi connectivity index (χ3n) is 2.71. The van der Waals surface area contributed by atoms with Crippen LogP contribution in [0.3, 0.4) is 0 Å². The molecular formula is C13H21Br2NO3. The van der Waals surface area contributed by atoms with Crippen LogP contribution < -0.4 is 0 Å². The van der Waals surface area contributed by atoms with E-state index in [-0.39, 0.29) is 12.1 Å². The Morgan fingerprint density at radius 1 is 1.47 bits per heavy atom. The summed E-state index contributed by atoms with van der Waals surface area (Å²) in [4.78, 5) is 14.0. The van der Waals surface area contributed by atoms with Crippen LogP contribution in [0.2, 0.25) is 0 Å². The number of nitrogens with zero attached hydrogens (tertiary/aromatic N) is 1. The van der Waals surface area contributed by atoms with Gasteiger partial charge in [-0.1, -0.05) is 6.08 Å². The van der Waals surface area contributed by atoms with E-state index < -0.39 is 11.3 Å². The summed E-state index contributed by atoms with van der Waals surface area (Å²) in [7, 11) is 0. The van der Waals surface area contributed by atoms with Crippen LogP contribution in [-0.2, 0) is 9.47 Å². The van der Waals surface area contributed by atoms with E-state index in [0.29, 0.717) is 13.0 Å². The van der Waals surface area contributed by atoms with Crippen LogP contribution in [0.4, 0.5) is 4.79 Å². The lowest BCUT2D eigenvalue weighted by Crippen LogP contribution is -2.49. The molecule has 110 valence electrons. The quantitative estimate of drug-likeness (QED) is 0.692.